The molecule has 94 valence electrons. The quantitative estimate of drug-likeness (QED) is 0.759. The molecular weight excluding hydrogens is 226 g/mol. The average molecular weight is 243 g/mol. The van der Waals surface area contributed by atoms with Gasteiger partial charge in [-0.1, -0.05) is 17.7 Å². The van der Waals surface area contributed by atoms with Gasteiger partial charge in [-0.15, -0.1) is 0 Å². The summed E-state index contributed by atoms with van der Waals surface area (Å²) in [6, 6.07) is 5.85. The van der Waals surface area contributed by atoms with E-state index in [0.29, 0.717) is 6.42 Å². The fraction of sp³-hybridized carbons (Fsp3) is 0.467. The minimum absolute atomic E-state index is 0.117. The Morgan fingerprint density at radius 1 is 1.28 bits per heavy atom. The van der Waals surface area contributed by atoms with E-state index in [9.17, 15) is 9.59 Å². The number of nitrogens with zero attached hydrogens (tertiary/aromatic N) is 1. The third-order valence-corrected chi connectivity index (χ3v) is 3.99. The first-order valence-electron chi connectivity index (χ1n) is 6.59. The average Bonchev–Trinajstić information content (AvgIpc) is 2.97. The van der Waals surface area contributed by atoms with E-state index in [4.69, 9.17) is 0 Å². The standard InChI is InChI=1S/C15H17NO2/c1-10-4-5-11-12(8-10)14(17)9-13(11)15(18)16-6-2-3-7-16/h4-5,8,13H,2-3,6-7,9H2,1H3. The van der Waals surface area contributed by atoms with E-state index in [-0.39, 0.29) is 17.6 Å². The SMILES string of the molecule is Cc1ccc2c(c1)C(=O)CC2C(=O)N1CCCC1. The molecule has 1 unspecified atom stereocenters. The first kappa shape index (κ1) is 11.5. The van der Waals surface area contributed by atoms with Gasteiger partial charge in [0.05, 0.1) is 5.92 Å². The number of carbonyl (C=O) groups excluding carboxylic acids is 2. The first-order chi connectivity index (χ1) is 8.66. The molecule has 1 saturated heterocycles. The van der Waals surface area contributed by atoms with Crippen LogP contribution in [0.1, 0.15) is 46.7 Å². The molecule has 0 N–H and O–H groups in total. The molecule has 1 atom stereocenters. The van der Waals surface area contributed by atoms with E-state index in [1.165, 1.54) is 0 Å². The molecule has 0 bridgehead atoms. The third-order valence-electron chi connectivity index (χ3n) is 3.99. The van der Waals surface area contributed by atoms with Gasteiger partial charge in [0, 0.05) is 25.1 Å². The molecule has 3 heteroatoms. The Kier molecular flexibility index (Phi) is 2.69. The van der Waals surface area contributed by atoms with Crippen LogP contribution in [-0.2, 0) is 4.79 Å². The second-order valence-electron chi connectivity index (χ2n) is 5.30. The summed E-state index contributed by atoms with van der Waals surface area (Å²) in [6.45, 7) is 3.68. The summed E-state index contributed by atoms with van der Waals surface area (Å²) >= 11 is 0. The molecule has 18 heavy (non-hydrogen) atoms. The van der Waals surface area contributed by atoms with Crippen LogP contribution in [0.4, 0.5) is 0 Å². The fourth-order valence-corrected chi connectivity index (χ4v) is 3.00. The van der Waals surface area contributed by atoms with Crippen LogP contribution < -0.4 is 0 Å². The van der Waals surface area contributed by atoms with Crippen LogP contribution in [0.15, 0.2) is 18.2 Å². The van der Waals surface area contributed by atoms with E-state index < -0.39 is 0 Å². The molecule has 1 aliphatic carbocycles. The molecule has 2 aliphatic rings. The Morgan fingerprint density at radius 2 is 2.00 bits per heavy atom. The van der Waals surface area contributed by atoms with E-state index >= 15 is 0 Å². The Labute approximate surface area is 107 Å². The van der Waals surface area contributed by atoms with Crippen molar-refractivity contribution in [3.63, 3.8) is 0 Å². The zero-order valence-corrected chi connectivity index (χ0v) is 10.6. The van der Waals surface area contributed by atoms with Crippen LogP contribution in [0.5, 0.6) is 0 Å². The van der Waals surface area contributed by atoms with Crippen LogP contribution in [0.25, 0.3) is 0 Å². The number of amides is 1. The van der Waals surface area contributed by atoms with Gasteiger partial charge in [-0.3, -0.25) is 9.59 Å². The topological polar surface area (TPSA) is 37.4 Å². The van der Waals surface area contributed by atoms with Crippen molar-refractivity contribution in [1.82, 2.24) is 4.90 Å². The van der Waals surface area contributed by atoms with E-state index in [2.05, 4.69) is 0 Å². The lowest BCUT2D eigenvalue weighted by molar-refractivity contribution is -0.131. The zero-order valence-electron chi connectivity index (χ0n) is 10.6. The predicted octanol–water partition coefficient (Wildman–Crippen LogP) is 2.29. The number of aryl methyl sites for hydroxylation is 1. The molecule has 1 fully saturated rings. The van der Waals surface area contributed by atoms with Gasteiger partial charge in [-0.25, -0.2) is 0 Å². The van der Waals surface area contributed by atoms with Gasteiger partial charge < -0.3 is 4.90 Å². The molecule has 1 aliphatic heterocycles. The van der Waals surface area contributed by atoms with E-state index in [1.807, 2.05) is 30.0 Å². The summed E-state index contributed by atoms with van der Waals surface area (Å²) in [5.41, 5.74) is 2.77. The predicted molar refractivity (Wildman–Crippen MR) is 68.7 cm³/mol. The van der Waals surface area contributed by atoms with Crippen molar-refractivity contribution >= 4 is 11.7 Å². The number of ketones is 1. The van der Waals surface area contributed by atoms with Crippen molar-refractivity contribution in [3.05, 3.63) is 34.9 Å². The molecule has 0 saturated carbocycles. The maximum Gasteiger partial charge on any atom is 0.230 e. The van der Waals surface area contributed by atoms with Gasteiger partial charge >= 0.3 is 0 Å². The summed E-state index contributed by atoms with van der Waals surface area (Å²) < 4.78 is 0. The molecule has 1 aromatic carbocycles. The van der Waals surface area contributed by atoms with Crippen LogP contribution >= 0.6 is 0 Å². The fourth-order valence-electron chi connectivity index (χ4n) is 3.00. The molecule has 1 heterocycles. The number of Topliss-reactive ketones (excluding diaryl/α,β-unsaturated/α-hetero) is 1. The van der Waals surface area contributed by atoms with Crippen LogP contribution in [0.2, 0.25) is 0 Å². The molecule has 0 aromatic heterocycles. The number of rotatable bonds is 1. The van der Waals surface area contributed by atoms with Crippen LogP contribution in [-0.4, -0.2) is 29.7 Å². The van der Waals surface area contributed by atoms with Crippen molar-refractivity contribution < 1.29 is 9.59 Å². The number of benzene rings is 1. The number of fused-ring (bicyclic) bond motifs is 1. The normalized spacial score (nSPS) is 22.4. The van der Waals surface area contributed by atoms with Gasteiger partial charge in [0.1, 0.15) is 0 Å². The van der Waals surface area contributed by atoms with Crippen molar-refractivity contribution in [2.45, 2.75) is 32.1 Å². The zero-order chi connectivity index (χ0) is 12.7. The van der Waals surface area contributed by atoms with Crippen LogP contribution in [0.3, 0.4) is 0 Å². The Morgan fingerprint density at radius 3 is 2.72 bits per heavy atom. The number of carbonyl (C=O) groups is 2. The molecule has 3 rings (SSSR count). The second kappa shape index (κ2) is 4.23. The highest BCUT2D eigenvalue weighted by molar-refractivity contribution is 6.06. The Balaban J connectivity index is 1.92. The smallest absolute Gasteiger partial charge is 0.230 e. The van der Waals surface area contributed by atoms with Gasteiger partial charge in [0.25, 0.3) is 0 Å². The van der Waals surface area contributed by atoms with Crippen molar-refractivity contribution in [2.24, 2.45) is 0 Å². The number of hydrogen-bond acceptors (Lipinski definition) is 2. The van der Waals surface area contributed by atoms with Crippen LogP contribution in [0, 0.1) is 6.92 Å². The Bertz CT molecular complexity index is 515. The highest BCUT2D eigenvalue weighted by atomic mass is 16.2. The number of hydrogen-bond donors (Lipinski definition) is 0. The van der Waals surface area contributed by atoms with E-state index in [0.717, 1.165) is 42.6 Å². The maximum absolute atomic E-state index is 12.4. The van der Waals surface area contributed by atoms with Gasteiger partial charge in [-0.2, -0.15) is 0 Å². The lowest BCUT2D eigenvalue weighted by Crippen LogP contribution is -2.31. The molecule has 1 aromatic rings. The lowest BCUT2D eigenvalue weighted by Gasteiger charge is -2.20. The van der Waals surface area contributed by atoms with Gasteiger partial charge in [-0.05, 0) is 31.4 Å². The van der Waals surface area contributed by atoms with Crippen molar-refractivity contribution in [3.8, 4) is 0 Å². The summed E-state index contributed by atoms with van der Waals surface area (Å²) in [7, 11) is 0. The minimum atomic E-state index is -0.230. The summed E-state index contributed by atoms with van der Waals surface area (Å²) in [5.74, 6) is 0.0286. The second-order valence-corrected chi connectivity index (χ2v) is 5.30. The summed E-state index contributed by atoms with van der Waals surface area (Å²) in [5, 5.41) is 0. The summed E-state index contributed by atoms with van der Waals surface area (Å²) in [4.78, 5) is 26.3. The molecule has 1 amide bonds. The molecular formula is C15H17NO2. The molecule has 0 spiro atoms. The molecule has 0 radical (unpaired) electrons. The minimum Gasteiger partial charge on any atom is -0.342 e. The highest BCUT2D eigenvalue weighted by Gasteiger charge is 2.36. The third kappa shape index (κ3) is 1.74. The van der Waals surface area contributed by atoms with Gasteiger partial charge in [0.2, 0.25) is 5.91 Å². The largest absolute Gasteiger partial charge is 0.342 e. The van der Waals surface area contributed by atoms with Gasteiger partial charge in [0.15, 0.2) is 5.78 Å². The maximum atomic E-state index is 12.4. The summed E-state index contributed by atoms with van der Waals surface area (Å²) in [6.07, 6.45) is 2.54. The Hall–Kier alpha value is -1.64. The first-order valence-corrected chi connectivity index (χ1v) is 6.59. The molecule has 3 nitrogen and oxygen atoms in total. The highest BCUT2D eigenvalue weighted by Crippen LogP contribution is 2.35. The lowest BCUT2D eigenvalue weighted by atomic mass is 9.99. The van der Waals surface area contributed by atoms with Crippen molar-refractivity contribution in [2.75, 3.05) is 13.1 Å². The van der Waals surface area contributed by atoms with E-state index in [1.54, 1.807) is 0 Å². The monoisotopic (exact) mass is 243 g/mol. The number of likely N-dealkylation sites (tertiary alicyclic amines) is 1. The van der Waals surface area contributed by atoms with Crippen molar-refractivity contribution in [1.29, 1.82) is 0 Å².